The van der Waals surface area contributed by atoms with Crippen LogP contribution < -0.4 is 16.4 Å². The average molecular weight is 721 g/mol. The number of para-hydroxylation sites is 2. The topological polar surface area (TPSA) is 135 Å². The van der Waals surface area contributed by atoms with Crippen LogP contribution in [0.2, 0.25) is 0 Å². The quantitative estimate of drug-likeness (QED) is 0.0726. The van der Waals surface area contributed by atoms with Gasteiger partial charge in [-0.1, -0.05) is 84.9 Å². The third kappa shape index (κ3) is 10.5. The van der Waals surface area contributed by atoms with Gasteiger partial charge in [-0.2, -0.15) is 0 Å². The van der Waals surface area contributed by atoms with Crippen molar-refractivity contribution in [3.63, 3.8) is 0 Å². The Hall–Kier alpha value is -4.58. The number of methoxy groups -OCH3 is 1. The number of rotatable bonds is 16. The number of nitrogens with one attached hydrogen (secondary N) is 2. The van der Waals surface area contributed by atoms with Crippen LogP contribution in [-0.2, 0) is 37.0 Å². The molecule has 0 bridgehead atoms. The number of aliphatic hydroxyl groups is 1. The van der Waals surface area contributed by atoms with Gasteiger partial charge in [0.05, 0.1) is 36.8 Å². The number of benzene rings is 4. The number of unbranched alkanes of at least 4 members (excludes halogenated alkanes) is 1. The summed E-state index contributed by atoms with van der Waals surface area (Å²) in [4.78, 5) is 27.5. The molecule has 4 aromatic carbocycles. The molecule has 280 valence electrons. The Kier molecular flexibility index (Phi) is 13.6. The number of anilines is 2. The monoisotopic (exact) mass is 720 g/mol. The number of carbonyl (C=O) groups excluding carboxylic acids is 2. The molecule has 2 heterocycles. The highest BCUT2D eigenvalue weighted by Gasteiger charge is 2.35. The minimum atomic E-state index is -0.536. The summed E-state index contributed by atoms with van der Waals surface area (Å²) < 4.78 is 18.8. The van der Waals surface area contributed by atoms with Crippen LogP contribution in [0.4, 0.5) is 11.4 Å². The molecule has 5 N–H and O–H groups in total. The molecular weight excluding hydrogens is 668 g/mol. The zero-order valence-corrected chi connectivity index (χ0v) is 30.5. The molecule has 10 nitrogen and oxygen atoms in total. The summed E-state index contributed by atoms with van der Waals surface area (Å²) in [6.45, 7) is 2.98. The number of aliphatic hydroxyl groups excluding tert-OH is 1. The molecule has 2 aliphatic rings. The first-order valence-electron chi connectivity index (χ1n) is 18.7. The Morgan fingerprint density at radius 2 is 1.60 bits per heavy atom. The van der Waals surface area contributed by atoms with E-state index in [1.54, 1.807) is 19.2 Å². The fourth-order valence-corrected chi connectivity index (χ4v) is 7.26. The summed E-state index contributed by atoms with van der Waals surface area (Å²) in [7, 11) is 1.76. The van der Waals surface area contributed by atoms with E-state index in [1.165, 1.54) is 0 Å². The van der Waals surface area contributed by atoms with Gasteiger partial charge in [0, 0.05) is 51.1 Å². The van der Waals surface area contributed by atoms with E-state index in [1.807, 2.05) is 54.6 Å². The molecule has 4 atom stereocenters. The second-order valence-corrected chi connectivity index (χ2v) is 14.0. The number of nitrogens with two attached hydrogens (primary N) is 1. The minimum absolute atomic E-state index is 0.00580. The van der Waals surface area contributed by atoms with Crippen molar-refractivity contribution in [1.29, 1.82) is 0 Å². The molecule has 2 aliphatic heterocycles. The number of nitrogen functional groups attached to an aromatic ring is 1. The van der Waals surface area contributed by atoms with Crippen molar-refractivity contribution in [3.8, 4) is 11.1 Å². The molecule has 0 aliphatic carbocycles. The molecule has 0 aromatic heterocycles. The average Bonchev–Trinajstić information content (AvgIpc) is 3.62. The maximum Gasteiger partial charge on any atom is 0.224 e. The van der Waals surface area contributed by atoms with Crippen molar-refractivity contribution >= 4 is 23.2 Å². The van der Waals surface area contributed by atoms with Crippen molar-refractivity contribution in [2.75, 3.05) is 37.9 Å². The third-order valence-corrected chi connectivity index (χ3v) is 10.2. The Labute approximate surface area is 312 Å². The van der Waals surface area contributed by atoms with Crippen LogP contribution >= 0.6 is 0 Å². The largest absolute Gasteiger partial charge is 0.397 e. The fourth-order valence-electron chi connectivity index (χ4n) is 7.26. The molecule has 10 heteroatoms. The molecule has 2 amide bonds. The number of ether oxygens (including phenoxy) is 3. The van der Waals surface area contributed by atoms with Gasteiger partial charge in [0.2, 0.25) is 11.8 Å². The van der Waals surface area contributed by atoms with E-state index >= 15 is 0 Å². The van der Waals surface area contributed by atoms with Gasteiger partial charge in [-0.05, 0) is 72.2 Å². The molecule has 53 heavy (non-hydrogen) atoms. The first kappa shape index (κ1) is 38.2. The summed E-state index contributed by atoms with van der Waals surface area (Å²) >= 11 is 0. The van der Waals surface area contributed by atoms with Gasteiger partial charge in [-0.15, -0.1) is 0 Å². The van der Waals surface area contributed by atoms with Crippen LogP contribution in [0, 0.1) is 0 Å². The number of likely N-dealkylation sites (tertiary alicyclic amines) is 1. The number of carbonyl (C=O) groups is 2. The van der Waals surface area contributed by atoms with Crippen LogP contribution in [0.25, 0.3) is 11.1 Å². The van der Waals surface area contributed by atoms with Gasteiger partial charge in [-0.25, -0.2) is 0 Å². The molecule has 4 aromatic rings. The second-order valence-electron chi connectivity index (χ2n) is 14.0. The second kappa shape index (κ2) is 19.0. The normalized spacial score (nSPS) is 20.3. The van der Waals surface area contributed by atoms with Gasteiger partial charge >= 0.3 is 0 Å². The van der Waals surface area contributed by atoms with Gasteiger partial charge in [0.15, 0.2) is 6.29 Å². The molecular formula is C43H52N4O6. The predicted molar refractivity (Wildman–Crippen MR) is 207 cm³/mol. The summed E-state index contributed by atoms with van der Waals surface area (Å²) in [6, 6.07) is 31.9. The molecule has 0 saturated carbocycles. The Morgan fingerprint density at radius 3 is 2.36 bits per heavy atom. The van der Waals surface area contributed by atoms with Crippen LogP contribution in [0.3, 0.4) is 0 Å². The predicted octanol–water partition coefficient (Wildman–Crippen LogP) is 6.90. The minimum Gasteiger partial charge on any atom is -0.397 e. The molecule has 4 unspecified atom stereocenters. The van der Waals surface area contributed by atoms with Gasteiger partial charge in [0.1, 0.15) is 0 Å². The lowest BCUT2D eigenvalue weighted by atomic mass is 9.97. The number of amides is 2. The summed E-state index contributed by atoms with van der Waals surface area (Å²) in [6.07, 6.45) is 4.20. The Morgan fingerprint density at radius 1 is 0.887 bits per heavy atom. The van der Waals surface area contributed by atoms with Crippen LogP contribution in [0.5, 0.6) is 0 Å². The lowest BCUT2D eigenvalue weighted by Gasteiger charge is -2.38. The Balaban J connectivity index is 1.05. The SMILES string of the molecule is COCC1CCCN1CC1CC(c2ccc(CO)cc2)OC(c2ccc(-c3ccccc3CNC(=O)CCCCC(=O)Nc3ccccc3N)cc2)O1. The van der Waals surface area contributed by atoms with Crippen molar-refractivity contribution in [3.05, 3.63) is 119 Å². The van der Waals surface area contributed by atoms with Gasteiger partial charge in [0.25, 0.3) is 0 Å². The number of hydrogen-bond donors (Lipinski definition) is 4. The zero-order chi connectivity index (χ0) is 37.0. The van der Waals surface area contributed by atoms with E-state index in [4.69, 9.17) is 19.9 Å². The Bertz CT molecular complexity index is 1780. The molecule has 0 spiro atoms. The van der Waals surface area contributed by atoms with Crippen molar-refractivity contribution < 1.29 is 28.9 Å². The number of hydrogen-bond acceptors (Lipinski definition) is 8. The standard InChI is InChI=1S/C43H52N4O6/c1-51-29-35-10-8-24-47(35)27-36-25-40(32-18-16-30(28-48)17-19-32)53-43(52-36)33-22-20-31(21-23-33)37-11-3-2-9-34(37)26-45-41(49)14-6-7-15-42(50)46-39-13-5-4-12-38(39)44/h2-5,9,11-13,16-23,35-36,40,43,48H,6-8,10,14-15,24-29,44H2,1H3,(H,45,49)(H,46,50). The first-order valence-corrected chi connectivity index (χ1v) is 18.7. The van der Waals surface area contributed by atoms with Crippen molar-refractivity contribution in [2.45, 2.75) is 82.6 Å². The van der Waals surface area contributed by atoms with Gasteiger partial charge in [-0.3, -0.25) is 14.5 Å². The van der Waals surface area contributed by atoms with E-state index in [-0.39, 0.29) is 30.6 Å². The van der Waals surface area contributed by atoms with Crippen LogP contribution in [0.15, 0.2) is 97.1 Å². The molecule has 2 fully saturated rings. The third-order valence-electron chi connectivity index (χ3n) is 10.2. The fraction of sp³-hybridized carbons (Fsp3) is 0.395. The van der Waals surface area contributed by atoms with E-state index in [9.17, 15) is 14.7 Å². The van der Waals surface area contributed by atoms with E-state index in [0.29, 0.717) is 49.6 Å². The lowest BCUT2D eigenvalue weighted by molar-refractivity contribution is -0.253. The molecule has 6 rings (SSSR count). The molecule has 0 radical (unpaired) electrons. The zero-order valence-electron chi connectivity index (χ0n) is 30.5. The smallest absolute Gasteiger partial charge is 0.224 e. The summed E-state index contributed by atoms with van der Waals surface area (Å²) in [5, 5.41) is 15.5. The maximum atomic E-state index is 12.7. The van der Waals surface area contributed by atoms with E-state index < -0.39 is 6.29 Å². The summed E-state index contributed by atoms with van der Waals surface area (Å²) in [5.41, 5.74) is 13.0. The maximum absolute atomic E-state index is 12.7. The summed E-state index contributed by atoms with van der Waals surface area (Å²) in [5.74, 6) is -0.164. The van der Waals surface area contributed by atoms with Crippen molar-refractivity contribution in [1.82, 2.24) is 10.2 Å². The van der Waals surface area contributed by atoms with Crippen LogP contribution in [0.1, 0.15) is 79.6 Å². The number of nitrogens with zero attached hydrogens (tertiary/aromatic N) is 1. The highest BCUT2D eigenvalue weighted by Crippen LogP contribution is 2.39. The lowest BCUT2D eigenvalue weighted by Crippen LogP contribution is -2.42. The van der Waals surface area contributed by atoms with E-state index in [2.05, 4.69) is 45.9 Å². The van der Waals surface area contributed by atoms with Gasteiger partial charge < -0.3 is 35.7 Å². The molecule has 2 saturated heterocycles. The van der Waals surface area contributed by atoms with Crippen molar-refractivity contribution in [2.24, 2.45) is 0 Å². The van der Waals surface area contributed by atoms with Crippen LogP contribution in [-0.4, -0.2) is 60.8 Å². The highest BCUT2D eigenvalue weighted by molar-refractivity contribution is 5.93. The van der Waals surface area contributed by atoms with E-state index in [0.717, 1.165) is 72.3 Å². The first-order chi connectivity index (χ1) is 25.9. The highest BCUT2D eigenvalue weighted by atomic mass is 16.7.